The lowest BCUT2D eigenvalue weighted by atomic mass is 10.0. The van der Waals surface area contributed by atoms with E-state index in [2.05, 4.69) is 0 Å². The molecule has 0 heterocycles. The smallest absolute Gasteiger partial charge is 0.308 e. The van der Waals surface area contributed by atoms with Gasteiger partial charge in [-0.05, 0) is 65.7 Å². The number of aliphatic hydroxyl groups excluding tert-OH is 1. The van der Waals surface area contributed by atoms with Gasteiger partial charge in [0.25, 0.3) is 5.91 Å². The van der Waals surface area contributed by atoms with Crippen LogP contribution in [0.15, 0.2) is 24.3 Å². The van der Waals surface area contributed by atoms with Crippen molar-refractivity contribution in [1.29, 1.82) is 0 Å². The van der Waals surface area contributed by atoms with Crippen molar-refractivity contribution >= 4 is 11.9 Å². The van der Waals surface area contributed by atoms with Crippen molar-refractivity contribution in [2.24, 2.45) is 0 Å². The fraction of sp³-hybridized carbons (Fsp3) is 0.636. The molecule has 1 amide bonds. The van der Waals surface area contributed by atoms with E-state index in [-0.39, 0.29) is 24.8 Å². The highest BCUT2D eigenvalue weighted by Gasteiger charge is 2.28. The third-order valence-corrected chi connectivity index (χ3v) is 4.12. The molecule has 0 aliphatic heterocycles. The monoisotopic (exact) mass is 377 g/mol. The molecule has 0 spiro atoms. The van der Waals surface area contributed by atoms with Gasteiger partial charge in [0.2, 0.25) is 0 Å². The lowest BCUT2D eigenvalue weighted by Crippen LogP contribution is -2.46. The third-order valence-electron chi connectivity index (χ3n) is 4.12. The molecule has 0 saturated carbocycles. The van der Waals surface area contributed by atoms with Crippen LogP contribution in [-0.2, 0) is 9.53 Å². The predicted octanol–water partition coefficient (Wildman–Crippen LogP) is 4.49. The van der Waals surface area contributed by atoms with E-state index in [4.69, 9.17) is 4.74 Å². The van der Waals surface area contributed by atoms with Crippen LogP contribution in [0.3, 0.4) is 0 Å². The molecule has 0 saturated heterocycles. The van der Waals surface area contributed by atoms with E-state index in [0.29, 0.717) is 12.0 Å². The molecule has 152 valence electrons. The van der Waals surface area contributed by atoms with Crippen molar-refractivity contribution in [2.75, 3.05) is 6.54 Å². The summed E-state index contributed by atoms with van der Waals surface area (Å²) in [5.74, 6) is -0.454. The number of amides is 1. The van der Waals surface area contributed by atoms with Crippen molar-refractivity contribution in [2.45, 2.75) is 85.0 Å². The Morgan fingerprint density at radius 3 is 2.07 bits per heavy atom. The topological polar surface area (TPSA) is 66.8 Å². The first-order valence-corrected chi connectivity index (χ1v) is 9.67. The predicted molar refractivity (Wildman–Crippen MR) is 108 cm³/mol. The molecule has 0 radical (unpaired) electrons. The molecular weight excluding hydrogens is 342 g/mol. The molecule has 27 heavy (non-hydrogen) atoms. The number of carbonyl (C=O) groups excluding carboxylic acids is 2. The molecule has 5 nitrogen and oxygen atoms in total. The summed E-state index contributed by atoms with van der Waals surface area (Å²) in [6, 6.07) is 7.07. The van der Waals surface area contributed by atoms with E-state index in [1.54, 1.807) is 29.2 Å². The number of nitrogens with zero attached hydrogens (tertiary/aromatic N) is 1. The highest BCUT2D eigenvalue weighted by atomic mass is 16.6. The number of esters is 1. The Labute approximate surface area is 163 Å². The lowest BCUT2D eigenvalue weighted by molar-refractivity contribution is -0.155. The molecule has 5 heteroatoms. The van der Waals surface area contributed by atoms with E-state index in [9.17, 15) is 14.7 Å². The maximum Gasteiger partial charge on any atom is 0.308 e. The van der Waals surface area contributed by atoms with E-state index < -0.39 is 17.2 Å². The molecular formula is C22H35NO4. The summed E-state index contributed by atoms with van der Waals surface area (Å²) in [5, 5.41) is 10.1. The Kier molecular flexibility index (Phi) is 8.03. The van der Waals surface area contributed by atoms with Crippen LogP contribution in [0.25, 0.3) is 0 Å². The van der Waals surface area contributed by atoms with Gasteiger partial charge in [-0.15, -0.1) is 0 Å². The number of aliphatic hydroxyl groups is 1. The van der Waals surface area contributed by atoms with Gasteiger partial charge in [-0.25, -0.2) is 0 Å². The first-order chi connectivity index (χ1) is 12.3. The van der Waals surface area contributed by atoms with Crippen molar-refractivity contribution in [3.63, 3.8) is 0 Å². The van der Waals surface area contributed by atoms with Gasteiger partial charge < -0.3 is 14.7 Å². The van der Waals surface area contributed by atoms with Crippen molar-refractivity contribution in [3.05, 3.63) is 35.4 Å². The quantitative estimate of drug-likeness (QED) is 0.711. The van der Waals surface area contributed by atoms with Crippen LogP contribution in [0.4, 0.5) is 0 Å². The van der Waals surface area contributed by atoms with Gasteiger partial charge in [-0.1, -0.05) is 25.5 Å². The fourth-order valence-electron chi connectivity index (χ4n) is 2.78. The van der Waals surface area contributed by atoms with Crippen LogP contribution >= 0.6 is 0 Å². The minimum atomic E-state index is -0.539. The summed E-state index contributed by atoms with van der Waals surface area (Å²) in [6.07, 6.45) is 1.22. The van der Waals surface area contributed by atoms with Gasteiger partial charge in [-0.3, -0.25) is 9.59 Å². The molecule has 1 aromatic carbocycles. The average molecular weight is 378 g/mol. The normalized spacial score (nSPS) is 13.2. The van der Waals surface area contributed by atoms with Crippen LogP contribution in [0.1, 0.15) is 89.8 Å². The van der Waals surface area contributed by atoms with Gasteiger partial charge in [0, 0.05) is 17.6 Å². The molecule has 1 unspecified atom stereocenters. The van der Waals surface area contributed by atoms with Crippen LogP contribution in [0.5, 0.6) is 0 Å². The summed E-state index contributed by atoms with van der Waals surface area (Å²) in [7, 11) is 0. The molecule has 0 aromatic heterocycles. The zero-order valence-electron chi connectivity index (χ0n) is 17.8. The maximum atomic E-state index is 13.0. The number of carbonyl (C=O) groups is 2. The second-order valence-electron chi connectivity index (χ2n) is 8.89. The number of rotatable bonds is 7. The molecule has 1 aromatic rings. The fourth-order valence-corrected chi connectivity index (χ4v) is 2.78. The highest BCUT2D eigenvalue weighted by Crippen LogP contribution is 2.22. The Morgan fingerprint density at radius 2 is 1.63 bits per heavy atom. The Morgan fingerprint density at radius 1 is 1.07 bits per heavy atom. The summed E-state index contributed by atoms with van der Waals surface area (Å²) in [6.45, 7) is 13.6. The molecule has 0 bridgehead atoms. The first kappa shape index (κ1) is 23.2. The van der Waals surface area contributed by atoms with Gasteiger partial charge in [-0.2, -0.15) is 0 Å². The van der Waals surface area contributed by atoms with Gasteiger partial charge in [0.15, 0.2) is 0 Å². The van der Waals surface area contributed by atoms with Crippen molar-refractivity contribution in [3.8, 4) is 0 Å². The van der Waals surface area contributed by atoms with Crippen LogP contribution in [-0.4, -0.2) is 39.6 Å². The van der Waals surface area contributed by atoms with Crippen LogP contribution in [0.2, 0.25) is 0 Å². The van der Waals surface area contributed by atoms with E-state index in [1.807, 2.05) is 48.5 Å². The van der Waals surface area contributed by atoms with Crippen molar-refractivity contribution < 1.29 is 19.4 Å². The third kappa shape index (κ3) is 7.71. The summed E-state index contributed by atoms with van der Waals surface area (Å²) in [5.41, 5.74) is 0.383. The Hall–Kier alpha value is -1.88. The first-order valence-electron chi connectivity index (χ1n) is 9.67. The molecule has 1 rings (SSSR count). The zero-order chi connectivity index (χ0) is 20.8. The second-order valence-corrected chi connectivity index (χ2v) is 8.89. The Bertz CT molecular complexity index is 623. The SMILES string of the molecule is CCCC(O)c1ccc(C(=O)N(CCC(=O)OC(C)(C)C)C(C)(C)C)cc1. The minimum absolute atomic E-state index is 0.136. The minimum Gasteiger partial charge on any atom is -0.460 e. The largest absolute Gasteiger partial charge is 0.460 e. The maximum absolute atomic E-state index is 13.0. The second kappa shape index (κ2) is 9.36. The molecule has 0 aliphatic carbocycles. The summed E-state index contributed by atoms with van der Waals surface area (Å²) >= 11 is 0. The van der Waals surface area contributed by atoms with Crippen LogP contribution < -0.4 is 0 Å². The zero-order valence-corrected chi connectivity index (χ0v) is 17.8. The summed E-state index contributed by atoms with van der Waals surface area (Å²) in [4.78, 5) is 26.7. The Balaban J connectivity index is 2.88. The van der Waals surface area contributed by atoms with Gasteiger partial charge >= 0.3 is 5.97 Å². The lowest BCUT2D eigenvalue weighted by Gasteiger charge is -2.36. The molecule has 1 N–H and O–H groups in total. The highest BCUT2D eigenvalue weighted by molar-refractivity contribution is 5.95. The van der Waals surface area contributed by atoms with E-state index in [0.717, 1.165) is 12.0 Å². The standard InChI is InChI=1S/C22H35NO4/c1-8-9-18(24)16-10-12-17(13-11-16)20(26)23(21(2,3)4)15-14-19(25)27-22(5,6)7/h10-13,18,24H,8-9,14-15H2,1-7H3. The number of hydrogen-bond acceptors (Lipinski definition) is 4. The number of benzene rings is 1. The molecule has 0 fully saturated rings. The van der Waals surface area contributed by atoms with Crippen molar-refractivity contribution in [1.82, 2.24) is 4.90 Å². The average Bonchev–Trinajstić information content (AvgIpc) is 2.52. The molecule has 0 aliphatic rings. The number of ether oxygens (including phenoxy) is 1. The molecule has 1 atom stereocenters. The van der Waals surface area contributed by atoms with Gasteiger partial charge in [0.05, 0.1) is 12.5 Å². The summed E-state index contributed by atoms with van der Waals surface area (Å²) < 4.78 is 5.35. The number of hydrogen-bond donors (Lipinski definition) is 1. The van der Waals surface area contributed by atoms with E-state index >= 15 is 0 Å². The van der Waals surface area contributed by atoms with Crippen LogP contribution in [0, 0.1) is 0 Å². The van der Waals surface area contributed by atoms with E-state index in [1.165, 1.54) is 0 Å². The van der Waals surface area contributed by atoms with Gasteiger partial charge in [0.1, 0.15) is 5.60 Å².